The molecule has 1 aromatic rings. The van der Waals surface area contributed by atoms with Crippen molar-refractivity contribution in [2.45, 2.75) is 32.4 Å². The highest BCUT2D eigenvalue weighted by atomic mass is 32.1. The standard InChI is InChI=1S/C12H21N3OS/c1-12(2)9-15(5-6-16-12)7-10-8-17-11(14-10)3-4-13/h8H,3-7,9,13H2,1-2H3. The van der Waals surface area contributed by atoms with Gasteiger partial charge in [0, 0.05) is 31.4 Å². The maximum absolute atomic E-state index is 5.70. The Balaban J connectivity index is 1.91. The summed E-state index contributed by atoms with van der Waals surface area (Å²) >= 11 is 1.71. The van der Waals surface area contributed by atoms with Crippen LogP contribution in [0.15, 0.2) is 5.38 Å². The Labute approximate surface area is 107 Å². The van der Waals surface area contributed by atoms with E-state index >= 15 is 0 Å². The van der Waals surface area contributed by atoms with Crippen LogP contribution in [0.3, 0.4) is 0 Å². The number of morpholine rings is 1. The van der Waals surface area contributed by atoms with Gasteiger partial charge in [-0.25, -0.2) is 4.98 Å². The second-order valence-corrected chi connectivity index (χ2v) is 6.03. The molecule has 0 radical (unpaired) electrons. The third kappa shape index (κ3) is 3.74. The van der Waals surface area contributed by atoms with E-state index in [4.69, 9.17) is 10.5 Å². The Morgan fingerprint density at radius 2 is 2.41 bits per heavy atom. The largest absolute Gasteiger partial charge is 0.373 e. The number of hydrogen-bond acceptors (Lipinski definition) is 5. The van der Waals surface area contributed by atoms with Crippen LogP contribution in [0.5, 0.6) is 0 Å². The van der Waals surface area contributed by atoms with E-state index in [1.807, 2.05) is 0 Å². The van der Waals surface area contributed by atoms with Crippen molar-refractivity contribution in [3.63, 3.8) is 0 Å². The summed E-state index contributed by atoms with van der Waals surface area (Å²) in [7, 11) is 0. The van der Waals surface area contributed by atoms with Gasteiger partial charge in [-0.3, -0.25) is 4.90 Å². The van der Waals surface area contributed by atoms with E-state index in [1.54, 1.807) is 11.3 Å². The molecule has 2 N–H and O–H groups in total. The van der Waals surface area contributed by atoms with Gasteiger partial charge in [0.05, 0.1) is 22.9 Å². The van der Waals surface area contributed by atoms with E-state index < -0.39 is 0 Å². The number of nitrogens with two attached hydrogens (primary N) is 1. The summed E-state index contributed by atoms with van der Waals surface area (Å²) in [6, 6.07) is 0. The monoisotopic (exact) mass is 255 g/mol. The van der Waals surface area contributed by atoms with E-state index in [9.17, 15) is 0 Å². The van der Waals surface area contributed by atoms with Crippen LogP contribution in [0.4, 0.5) is 0 Å². The van der Waals surface area contributed by atoms with Gasteiger partial charge in [-0.05, 0) is 20.4 Å². The van der Waals surface area contributed by atoms with Gasteiger partial charge in [0.2, 0.25) is 0 Å². The molecule has 1 saturated heterocycles. The fraction of sp³-hybridized carbons (Fsp3) is 0.750. The minimum atomic E-state index is -0.0334. The third-order valence-corrected chi connectivity index (χ3v) is 3.81. The zero-order valence-corrected chi connectivity index (χ0v) is 11.4. The molecule has 1 fully saturated rings. The number of ether oxygens (including phenoxy) is 1. The second kappa shape index (κ2) is 5.44. The quantitative estimate of drug-likeness (QED) is 0.880. The molecule has 1 aliphatic heterocycles. The molecule has 1 aliphatic rings. The van der Waals surface area contributed by atoms with Gasteiger partial charge in [-0.2, -0.15) is 0 Å². The van der Waals surface area contributed by atoms with Crippen molar-refractivity contribution in [2.24, 2.45) is 5.73 Å². The summed E-state index contributed by atoms with van der Waals surface area (Å²) < 4.78 is 5.70. The van der Waals surface area contributed by atoms with E-state index in [-0.39, 0.29) is 5.60 Å². The van der Waals surface area contributed by atoms with Gasteiger partial charge < -0.3 is 10.5 Å². The normalized spacial score (nSPS) is 20.6. The van der Waals surface area contributed by atoms with Gasteiger partial charge in [0.25, 0.3) is 0 Å². The minimum Gasteiger partial charge on any atom is -0.373 e. The Morgan fingerprint density at radius 1 is 1.59 bits per heavy atom. The summed E-state index contributed by atoms with van der Waals surface area (Å²) in [6.07, 6.45) is 0.888. The first kappa shape index (κ1) is 13.0. The molecular formula is C12H21N3OS. The molecule has 0 unspecified atom stereocenters. The fourth-order valence-electron chi connectivity index (χ4n) is 2.14. The number of thiazole rings is 1. The van der Waals surface area contributed by atoms with E-state index in [0.717, 1.165) is 43.4 Å². The second-order valence-electron chi connectivity index (χ2n) is 5.09. The number of aromatic nitrogens is 1. The Morgan fingerprint density at radius 3 is 3.12 bits per heavy atom. The third-order valence-electron chi connectivity index (χ3n) is 2.85. The molecular weight excluding hydrogens is 234 g/mol. The van der Waals surface area contributed by atoms with Crippen LogP contribution in [0, 0.1) is 0 Å². The van der Waals surface area contributed by atoms with Crippen LogP contribution in [-0.2, 0) is 17.7 Å². The minimum absolute atomic E-state index is 0.0334. The molecule has 0 aliphatic carbocycles. The molecule has 0 atom stereocenters. The van der Waals surface area contributed by atoms with Crippen LogP contribution >= 0.6 is 11.3 Å². The highest BCUT2D eigenvalue weighted by molar-refractivity contribution is 7.09. The Bertz CT molecular complexity index is 364. The molecule has 5 heteroatoms. The molecule has 2 rings (SSSR count). The SMILES string of the molecule is CC1(C)CN(Cc2csc(CCN)n2)CCO1. The van der Waals surface area contributed by atoms with Crippen LogP contribution in [-0.4, -0.2) is 41.7 Å². The molecule has 0 aromatic carbocycles. The molecule has 0 amide bonds. The smallest absolute Gasteiger partial charge is 0.0941 e. The number of hydrogen-bond donors (Lipinski definition) is 1. The van der Waals surface area contributed by atoms with Crippen LogP contribution in [0.1, 0.15) is 24.5 Å². The molecule has 1 aromatic heterocycles. The lowest BCUT2D eigenvalue weighted by molar-refractivity contribution is -0.0884. The summed E-state index contributed by atoms with van der Waals surface area (Å²) in [6.45, 7) is 8.65. The molecule has 96 valence electrons. The molecule has 0 bridgehead atoms. The number of nitrogens with zero attached hydrogens (tertiary/aromatic N) is 2. The highest BCUT2D eigenvalue weighted by Crippen LogP contribution is 2.19. The van der Waals surface area contributed by atoms with Crippen molar-refractivity contribution in [1.29, 1.82) is 0 Å². The lowest BCUT2D eigenvalue weighted by atomic mass is 10.1. The molecule has 0 saturated carbocycles. The van der Waals surface area contributed by atoms with Gasteiger partial charge in [0.1, 0.15) is 0 Å². The highest BCUT2D eigenvalue weighted by Gasteiger charge is 2.27. The van der Waals surface area contributed by atoms with Crippen molar-refractivity contribution in [2.75, 3.05) is 26.2 Å². The van der Waals surface area contributed by atoms with Crippen LogP contribution < -0.4 is 5.73 Å². The average Bonchev–Trinajstić information content (AvgIpc) is 2.64. The summed E-state index contributed by atoms with van der Waals surface area (Å²) in [4.78, 5) is 7.01. The van der Waals surface area contributed by atoms with Gasteiger partial charge in [0.15, 0.2) is 0 Å². The topological polar surface area (TPSA) is 51.4 Å². The van der Waals surface area contributed by atoms with Crippen LogP contribution in [0.2, 0.25) is 0 Å². The Hall–Kier alpha value is -0.490. The zero-order valence-electron chi connectivity index (χ0n) is 10.6. The maximum Gasteiger partial charge on any atom is 0.0941 e. The van der Waals surface area contributed by atoms with Crippen LogP contribution in [0.25, 0.3) is 0 Å². The fourth-order valence-corrected chi connectivity index (χ4v) is 2.94. The van der Waals surface area contributed by atoms with Gasteiger partial charge in [-0.15, -0.1) is 11.3 Å². The van der Waals surface area contributed by atoms with E-state index in [1.165, 1.54) is 0 Å². The zero-order chi connectivity index (χ0) is 12.3. The van der Waals surface area contributed by atoms with Gasteiger partial charge >= 0.3 is 0 Å². The van der Waals surface area contributed by atoms with Crippen molar-refractivity contribution < 1.29 is 4.74 Å². The molecule has 2 heterocycles. The lowest BCUT2D eigenvalue weighted by Gasteiger charge is -2.37. The summed E-state index contributed by atoms with van der Waals surface area (Å²) in [5.41, 5.74) is 6.66. The molecule has 0 spiro atoms. The number of rotatable bonds is 4. The van der Waals surface area contributed by atoms with E-state index in [0.29, 0.717) is 6.54 Å². The van der Waals surface area contributed by atoms with Crippen molar-refractivity contribution in [1.82, 2.24) is 9.88 Å². The summed E-state index contributed by atoms with van der Waals surface area (Å²) in [5, 5.41) is 3.29. The average molecular weight is 255 g/mol. The predicted octanol–water partition coefficient (Wildman–Crippen LogP) is 1.26. The lowest BCUT2D eigenvalue weighted by Crippen LogP contribution is -2.47. The van der Waals surface area contributed by atoms with Gasteiger partial charge in [-0.1, -0.05) is 0 Å². The molecule has 17 heavy (non-hydrogen) atoms. The summed E-state index contributed by atoms with van der Waals surface area (Å²) in [5.74, 6) is 0. The first-order valence-electron chi connectivity index (χ1n) is 6.09. The van der Waals surface area contributed by atoms with Crippen molar-refractivity contribution in [3.05, 3.63) is 16.1 Å². The Kier molecular flexibility index (Phi) is 4.14. The predicted molar refractivity (Wildman–Crippen MR) is 70.2 cm³/mol. The first-order valence-corrected chi connectivity index (χ1v) is 6.97. The van der Waals surface area contributed by atoms with E-state index in [2.05, 4.69) is 29.1 Å². The molecule has 4 nitrogen and oxygen atoms in total. The van der Waals surface area contributed by atoms with Crippen molar-refractivity contribution >= 4 is 11.3 Å². The maximum atomic E-state index is 5.70. The van der Waals surface area contributed by atoms with Crippen molar-refractivity contribution in [3.8, 4) is 0 Å². The first-order chi connectivity index (χ1) is 8.09.